The van der Waals surface area contributed by atoms with Gasteiger partial charge in [0.05, 0.1) is 29.1 Å². The molecule has 0 fully saturated rings. The lowest BCUT2D eigenvalue weighted by Gasteiger charge is -2.09. The molecule has 0 unspecified atom stereocenters. The number of ether oxygens (including phenoxy) is 3. The molecule has 144 valence electrons. The van der Waals surface area contributed by atoms with Gasteiger partial charge in [0, 0.05) is 12.1 Å². The quantitative estimate of drug-likeness (QED) is 0.658. The molecule has 0 aliphatic carbocycles. The van der Waals surface area contributed by atoms with Crippen LogP contribution in [0.2, 0.25) is 5.02 Å². The molecule has 1 aliphatic rings. The number of carbonyl (C=O) groups excluding carboxylic acids is 1. The summed E-state index contributed by atoms with van der Waals surface area (Å²) in [4.78, 5) is 12.7. The zero-order valence-corrected chi connectivity index (χ0v) is 15.9. The fourth-order valence-electron chi connectivity index (χ4n) is 2.94. The normalized spacial score (nSPS) is 12.1. The second kappa shape index (κ2) is 7.82. The van der Waals surface area contributed by atoms with E-state index < -0.39 is 0 Å². The van der Waals surface area contributed by atoms with E-state index >= 15 is 0 Å². The van der Waals surface area contributed by atoms with Gasteiger partial charge < -0.3 is 19.5 Å². The minimum Gasteiger partial charge on any atom is -0.492 e. The van der Waals surface area contributed by atoms with Gasteiger partial charge in [-0.15, -0.1) is 0 Å². The van der Waals surface area contributed by atoms with Crippen molar-refractivity contribution in [2.24, 2.45) is 0 Å². The average Bonchev–Trinajstić information content (AvgIpc) is 3.36. The van der Waals surface area contributed by atoms with Crippen molar-refractivity contribution in [2.75, 3.05) is 13.4 Å². The van der Waals surface area contributed by atoms with Crippen LogP contribution < -0.4 is 19.5 Å². The van der Waals surface area contributed by atoms with Crippen LogP contribution in [0.1, 0.15) is 22.8 Å². The fraction of sp³-hybridized carbons (Fsp3) is 0.200. The van der Waals surface area contributed by atoms with E-state index in [2.05, 4.69) is 15.5 Å². The molecule has 1 aliphatic heterocycles. The minimum absolute atomic E-state index is 0.216. The highest BCUT2D eigenvalue weighted by molar-refractivity contribution is 6.32. The number of hydrogen-bond acceptors (Lipinski definition) is 5. The Kier molecular flexibility index (Phi) is 5.08. The van der Waals surface area contributed by atoms with E-state index in [1.165, 1.54) is 6.20 Å². The lowest BCUT2D eigenvalue weighted by atomic mass is 10.1. The molecule has 1 amide bonds. The highest BCUT2D eigenvalue weighted by Gasteiger charge is 2.17. The molecule has 2 N–H and O–H groups in total. The van der Waals surface area contributed by atoms with Gasteiger partial charge in [0.25, 0.3) is 5.91 Å². The molecule has 7 nitrogen and oxygen atoms in total. The van der Waals surface area contributed by atoms with Gasteiger partial charge in [-0.1, -0.05) is 17.7 Å². The highest BCUT2D eigenvalue weighted by atomic mass is 35.5. The second-order valence-electron chi connectivity index (χ2n) is 6.11. The number of hydrogen-bond donors (Lipinski definition) is 2. The molecule has 1 aromatic heterocycles. The summed E-state index contributed by atoms with van der Waals surface area (Å²) in [5.74, 6) is 1.74. The first-order valence-corrected chi connectivity index (χ1v) is 9.16. The number of amides is 1. The third-order valence-corrected chi connectivity index (χ3v) is 4.59. The van der Waals surface area contributed by atoms with Crippen molar-refractivity contribution < 1.29 is 19.0 Å². The monoisotopic (exact) mass is 399 g/mol. The van der Waals surface area contributed by atoms with Crippen LogP contribution in [0.4, 0.5) is 0 Å². The van der Waals surface area contributed by atoms with E-state index in [0.717, 1.165) is 11.1 Å². The number of benzene rings is 2. The van der Waals surface area contributed by atoms with Crippen LogP contribution in [0.25, 0.3) is 11.3 Å². The number of fused-ring (bicyclic) bond motifs is 1. The predicted octanol–water partition coefficient (Wildman–Crippen LogP) is 3.79. The molecule has 0 atom stereocenters. The van der Waals surface area contributed by atoms with Crippen molar-refractivity contribution in [1.29, 1.82) is 0 Å². The van der Waals surface area contributed by atoms with Gasteiger partial charge in [-0.3, -0.25) is 9.89 Å². The maximum Gasteiger partial charge on any atom is 0.255 e. The Morgan fingerprint density at radius 2 is 2.11 bits per heavy atom. The number of nitrogens with zero attached hydrogens (tertiary/aromatic N) is 1. The van der Waals surface area contributed by atoms with Crippen LogP contribution in [0, 0.1) is 0 Å². The van der Waals surface area contributed by atoms with Crippen LogP contribution in [0.3, 0.4) is 0 Å². The molecule has 0 saturated heterocycles. The standard InChI is InChI=1S/C20H18ClN3O4/c1-2-26-16-6-4-13(8-15(16)21)19-14(10-23-24-19)20(25)22-9-12-3-5-17-18(7-12)28-11-27-17/h3-8,10H,2,9,11H2,1H3,(H,22,25)(H,23,24). The molecule has 2 heterocycles. The zero-order valence-electron chi connectivity index (χ0n) is 15.1. The molecule has 28 heavy (non-hydrogen) atoms. The van der Waals surface area contributed by atoms with Crippen LogP contribution in [0.15, 0.2) is 42.6 Å². The van der Waals surface area contributed by atoms with Crippen LogP contribution in [0.5, 0.6) is 17.2 Å². The van der Waals surface area contributed by atoms with E-state index in [4.69, 9.17) is 25.8 Å². The first-order valence-electron chi connectivity index (χ1n) is 8.78. The number of nitrogens with one attached hydrogen (secondary N) is 2. The lowest BCUT2D eigenvalue weighted by Crippen LogP contribution is -2.23. The molecule has 0 radical (unpaired) electrons. The summed E-state index contributed by atoms with van der Waals surface area (Å²) in [6.45, 7) is 2.98. The molecule has 3 aromatic rings. The van der Waals surface area contributed by atoms with Gasteiger partial charge >= 0.3 is 0 Å². The number of carbonyl (C=O) groups is 1. The van der Waals surface area contributed by atoms with Gasteiger partial charge in [0.2, 0.25) is 6.79 Å². The Morgan fingerprint density at radius 3 is 2.93 bits per heavy atom. The van der Waals surface area contributed by atoms with Crippen molar-refractivity contribution in [3.8, 4) is 28.5 Å². The third-order valence-electron chi connectivity index (χ3n) is 4.29. The molecular formula is C20H18ClN3O4. The van der Waals surface area contributed by atoms with Crippen molar-refractivity contribution in [3.63, 3.8) is 0 Å². The molecule has 8 heteroatoms. The largest absolute Gasteiger partial charge is 0.492 e. The molecular weight excluding hydrogens is 382 g/mol. The summed E-state index contributed by atoms with van der Waals surface area (Å²) in [5.41, 5.74) is 2.68. The van der Waals surface area contributed by atoms with Crippen LogP contribution >= 0.6 is 11.6 Å². The topological polar surface area (TPSA) is 85.5 Å². The molecule has 4 rings (SSSR count). The van der Waals surface area contributed by atoms with Gasteiger partial charge in [-0.05, 0) is 42.8 Å². The Balaban J connectivity index is 1.49. The summed E-state index contributed by atoms with van der Waals surface area (Å²) >= 11 is 6.26. The Bertz CT molecular complexity index is 1020. The molecule has 0 bridgehead atoms. The van der Waals surface area contributed by atoms with Gasteiger partial charge in [-0.25, -0.2) is 0 Å². The maximum atomic E-state index is 12.7. The van der Waals surface area contributed by atoms with Crippen LogP contribution in [-0.4, -0.2) is 29.5 Å². The summed E-state index contributed by atoms with van der Waals surface area (Å²) in [5, 5.41) is 10.2. The van der Waals surface area contributed by atoms with E-state index in [-0.39, 0.29) is 12.7 Å². The van der Waals surface area contributed by atoms with Crippen molar-refractivity contribution in [3.05, 3.63) is 58.7 Å². The Morgan fingerprint density at radius 1 is 1.25 bits per heavy atom. The molecule has 2 aromatic carbocycles. The van der Waals surface area contributed by atoms with E-state index in [1.807, 2.05) is 31.2 Å². The number of H-pyrrole nitrogens is 1. The second-order valence-corrected chi connectivity index (χ2v) is 6.51. The number of rotatable bonds is 6. The third kappa shape index (κ3) is 3.61. The number of aromatic nitrogens is 2. The van der Waals surface area contributed by atoms with E-state index in [0.29, 0.717) is 46.7 Å². The van der Waals surface area contributed by atoms with Gasteiger partial charge in [-0.2, -0.15) is 5.10 Å². The van der Waals surface area contributed by atoms with E-state index in [1.54, 1.807) is 12.1 Å². The highest BCUT2D eigenvalue weighted by Crippen LogP contribution is 2.33. The Labute approximate surface area is 166 Å². The van der Waals surface area contributed by atoms with Crippen molar-refractivity contribution in [1.82, 2.24) is 15.5 Å². The van der Waals surface area contributed by atoms with Gasteiger partial charge in [0.15, 0.2) is 11.5 Å². The summed E-state index contributed by atoms with van der Waals surface area (Å²) in [6, 6.07) is 10.9. The Hall–Kier alpha value is -3.19. The van der Waals surface area contributed by atoms with Gasteiger partial charge in [0.1, 0.15) is 5.75 Å². The minimum atomic E-state index is -0.244. The first-order chi connectivity index (χ1) is 13.7. The number of aromatic amines is 1. The predicted molar refractivity (Wildman–Crippen MR) is 104 cm³/mol. The van der Waals surface area contributed by atoms with Crippen LogP contribution in [-0.2, 0) is 6.54 Å². The van der Waals surface area contributed by atoms with Crippen molar-refractivity contribution >= 4 is 17.5 Å². The van der Waals surface area contributed by atoms with E-state index in [9.17, 15) is 4.79 Å². The lowest BCUT2D eigenvalue weighted by molar-refractivity contribution is 0.0951. The maximum absolute atomic E-state index is 12.7. The zero-order chi connectivity index (χ0) is 19.5. The summed E-state index contributed by atoms with van der Waals surface area (Å²) in [7, 11) is 0. The van der Waals surface area contributed by atoms with Crippen molar-refractivity contribution in [2.45, 2.75) is 13.5 Å². The fourth-order valence-corrected chi connectivity index (χ4v) is 3.17. The summed E-state index contributed by atoms with van der Waals surface area (Å²) < 4.78 is 16.1. The number of halogens is 1. The SMILES string of the molecule is CCOc1ccc(-c2[nH]ncc2C(=O)NCc2ccc3c(c2)OCO3)cc1Cl. The smallest absolute Gasteiger partial charge is 0.255 e. The summed E-state index contributed by atoms with van der Waals surface area (Å²) in [6.07, 6.45) is 1.49. The average molecular weight is 400 g/mol. The molecule has 0 spiro atoms. The first kappa shape index (κ1) is 18.2. The molecule has 0 saturated carbocycles.